The summed E-state index contributed by atoms with van der Waals surface area (Å²) in [6.07, 6.45) is 3.96. The summed E-state index contributed by atoms with van der Waals surface area (Å²) >= 11 is 0. The van der Waals surface area contributed by atoms with Crippen LogP contribution < -0.4 is 9.46 Å². The maximum Gasteiger partial charge on any atom is 0.339 e. The van der Waals surface area contributed by atoms with Gasteiger partial charge < -0.3 is 9.47 Å². The van der Waals surface area contributed by atoms with Gasteiger partial charge in [-0.1, -0.05) is 0 Å². The molecular weight excluding hydrogens is 420 g/mol. The van der Waals surface area contributed by atoms with E-state index in [4.69, 9.17) is 9.47 Å². The van der Waals surface area contributed by atoms with Crippen molar-refractivity contribution in [1.82, 2.24) is 15.0 Å². The van der Waals surface area contributed by atoms with Crippen LogP contribution in [0.25, 0.3) is 11.3 Å². The van der Waals surface area contributed by atoms with Crippen LogP contribution in [0.4, 0.5) is 5.69 Å². The maximum absolute atomic E-state index is 11.8. The van der Waals surface area contributed by atoms with E-state index in [1.54, 1.807) is 19.1 Å². The summed E-state index contributed by atoms with van der Waals surface area (Å²) in [6.45, 7) is 5.54. The van der Waals surface area contributed by atoms with Gasteiger partial charge in [0.2, 0.25) is 15.9 Å². The zero-order chi connectivity index (χ0) is 22.8. The van der Waals surface area contributed by atoms with E-state index in [1.165, 1.54) is 25.6 Å². The third-order valence-electron chi connectivity index (χ3n) is 4.27. The van der Waals surface area contributed by atoms with Crippen molar-refractivity contribution in [2.75, 3.05) is 18.1 Å². The summed E-state index contributed by atoms with van der Waals surface area (Å²) in [5, 5.41) is 0. The molecule has 0 spiro atoms. The molecule has 3 rings (SSSR count). The van der Waals surface area contributed by atoms with Crippen molar-refractivity contribution >= 4 is 21.7 Å². The summed E-state index contributed by atoms with van der Waals surface area (Å²) < 4.78 is 36.8. The average molecular weight is 442 g/mol. The molecule has 3 aromatic heterocycles. The second kappa shape index (κ2) is 8.68. The molecule has 0 aliphatic carbocycles. The molecule has 0 saturated carbocycles. The molecule has 0 bridgehead atoms. The van der Waals surface area contributed by atoms with Crippen LogP contribution in [0.2, 0.25) is 0 Å². The van der Waals surface area contributed by atoms with E-state index in [2.05, 4.69) is 19.7 Å². The first-order valence-corrected chi connectivity index (χ1v) is 11.1. The number of hydrogen-bond donors (Lipinski definition) is 1. The monoisotopic (exact) mass is 442 g/mol. The molecule has 0 saturated heterocycles. The number of anilines is 1. The number of ether oxygens (including phenoxy) is 2. The normalized spacial score (nSPS) is 11.1. The molecule has 0 aliphatic rings. The number of nitrogens with one attached hydrogen (secondary N) is 1. The van der Waals surface area contributed by atoms with Crippen LogP contribution in [0.5, 0.6) is 11.6 Å². The van der Waals surface area contributed by atoms with Gasteiger partial charge in [-0.05, 0) is 50.6 Å². The van der Waals surface area contributed by atoms with Crippen LogP contribution in [0, 0.1) is 20.8 Å². The average Bonchev–Trinajstić information content (AvgIpc) is 2.70. The maximum atomic E-state index is 11.8. The largest absolute Gasteiger partial charge is 0.465 e. The van der Waals surface area contributed by atoms with Gasteiger partial charge in [-0.15, -0.1) is 0 Å². The first-order chi connectivity index (χ1) is 14.6. The molecule has 31 heavy (non-hydrogen) atoms. The van der Waals surface area contributed by atoms with Gasteiger partial charge >= 0.3 is 5.97 Å². The molecule has 162 valence electrons. The molecule has 1 N–H and O–H groups in total. The zero-order valence-electron chi connectivity index (χ0n) is 17.8. The van der Waals surface area contributed by atoms with E-state index < -0.39 is 16.0 Å². The highest BCUT2D eigenvalue weighted by atomic mass is 32.2. The number of carbonyl (C=O) groups excluding carboxylic acids is 1. The van der Waals surface area contributed by atoms with Gasteiger partial charge in [-0.25, -0.2) is 18.2 Å². The number of pyridine rings is 3. The van der Waals surface area contributed by atoms with E-state index in [1.807, 2.05) is 19.9 Å². The van der Waals surface area contributed by atoms with E-state index >= 15 is 0 Å². The van der Waals surface area contributed by atoms with Crippen LogP contribution >= 0.6 is 0 Å². The number of sulfonamides is 1. The van der Waals surface area contributed by atoms with Crippen LogP contribution in [-0.2, 0) is 14.8 Å². The van der Waals surface area contributed by atoms with E-state index in [0.29, 0.717) is 22.7 Å². The van der Waals surface area contributed by atoms with Gasteiger partial charge in [-0.3, -0.25) is 14.7 Å². The fourth-order valence-electron chi connectivity index (χ4n) is 3.03. The van der Waals surface area contributed by atoms with Crippen LogP contribution in [-0.4, -0.2) is 42.7 Å². The Morgan fingerprint density at radius 2 is 1.81 bits per heavy atom. The number of carbonyl (C=O) groups is 1. The number of aryl methyl sites for hydroxylation is 3. The quantitative estimate of drug-likeness (QED) is 0.577. The number of hydrogen-bond acceptors (Lipinski definition) is 8. The third kappa shape index (κ3) is 5.34. The van der Waals surface area contributed by atoms with Gasteiger partial charge in [0.25, 0.3) is 0 Å². The Morgan fingerprint density at radius 1 is 1.06 bits per heavy atom. The molecule has 0 aromatic carbocycles. The fraction of sp³-hybridized carbons (Fsp3) is 0.238. The lowest BCUT2D eigenvalue weighted by Gasteiger charge is -2.15. The topological polar surface area (TPSA) is 120 Å². The second-order valence-electron chi connectivity index (χ2n) is 6.97. The summed E-state index contributed by atoms with van der Waals surface area (Å²) in [5.41, 5.74) is 3.71. The lowest BCUT2D eigenvalue weighted by molar-refractivity contribution is 0.0600. The van der Waals surface area contributed by atoms with Gasteiger partial charge in [0.05, 0.1) is 30.3 Å². The minimum Gasteiger partial charge on any atom is -0.465 e. The van der Waals surface area contributed by atoms with Crippen LogP contribution in [0.1, 0.15) is 27.3 Å². The highest BCUT2D eigenvalue weighted by Crippen LogP contribution is 2.34. The highest BCUT2D eigenvalue weighted by molar-refractivity contribution is 7.92. The Morgan fingerprint density at radius 3 is 2.45 bits per heavy atom. The Balaban J connectivity index is 2.11. The minimum absolute atomic E-state index is 0.0447. The second-order valence-corrected chi connectivity index (χ2v) is 8.72. The van der Waals surface area contributed by atoms with E-state index in [-0.39, 0.29) is 17.1 Å². The Kier molecular flexibility index (Phi) is 6.21. The first-order valence-electron chi connectivity index (χ1n) is 9.22. The number of methoxy groups -OCH3 is 1. The molecule has 0 fully saturated rings. The number of rotatable bonds is 6. The van der Waals surface area contributed by atoms with Crippen LogP contribution in [0.15, 0.2) is 36.7 Å². The van der Waals surface area contributed by atoms with Crippen molar-refractivity contribution in [3.63, 3.8) is 0 Å². The molecule has 3 aromatic rings. The smallest absolute Gasteiger partial charge is 0.339 e. The molecule has 0 atom stereocenters. The first kappa shape index (κ1) is 22.2. The molecule has 0 aliphatic heterocycles. The van der Waals surface area contributed by atoms with Gasteiger partial charge in [0.1, 0.15) is 5.69 Å². The summed E-state index contributed by atoms with van der Waals surface area (Å²) in [6, 6.07) is 6.58. The third-order valence-corrected chi connectivity index (χ3v) is 4.86. The Hall–Kier alpha value is -3.53. The Bertz CT molecular complexity index is 1240. The lowest BCUT2D eigenvalue weighted by atomic mass is 10.1. The molecule has 3 heterocycles. The van der Waals surface area contributed by atoms with Crippen molar-refractivity contribution in [2.45, 2.75) is 20.8 Å². The van der Waals surface area contributed by atoms with Gasteiger partial charge in [-0.2, -0.15) is 0 Å². The molecule has 9 nitrogen and oxygen atoms in total. The van der Waals surface area contributed by atoms with Crippen molar-refractivity contribution in [3.05, 3.63) is 59.2 Å². The van der Waals surface area contributed by atoms with E-state index in [9.17, 15) is 13.2 Å². The fourth-order valence-corrected chi connectivity index (χ4v) is 3.58. The summed E-state index contributed by atoms with van der Waals surface area (Å²) in [7, 11) is -2.29. The van der Waals surface area contributed by atoms with Gasteiger partial charge in [0, 0.05) is 23.7 Å². The van der Waals surface area contributed by atoms with Crippen molar-refractivity contribution < 1.29 is 22.7 Å². The summed E-state index contributed by atoms with van der Waals surface area (Å²) in [4.78, 5) is 24.8. The van der Waals surface area contributed by atoms with Crippen molar-refractivity contribution in [2.24, 2.45) is 0 Å². The number of esters is 1. The van der Waals surface area contributed by atoms with Crippen molar-refractivity contribution in [1.29, 1.82) is 0 Å². The summed E-state index contributed by atoms with van der Waals surface area (Å²) in [5.74, 6) is -0.00495. The lowest BCUT2D eigenvalue weighted by Crippen LogP contribution is -2.11. The van der Waals surface area contributed by atoms with Gasteiger partial charge in [0.15, 0.2) is 5.75 Å². The standard InChI is InChI=1S/C21H22N4O5S/c1-12-8-13(2)23-14(3)19(12)30-20-18(25-31(5,27)28)7-6-17(24-20)15-9-16(11-22-10-15)21(26)29-4/h6-11,25H,1-5H3. The Labute approximate surface area is 180 Å². The molecule has 10 heteroatoms. The highest BCUT2D eigenvalue weighted by Gasteiger charge is 2.17. The SMILES string of the molecule is COC(=O)c1cncc(-c2ccc(NS(C)(=O)=O)c(Oc3c(C)cc(C)nc3C)n2)c1. The molecular formula is C21H22N4O5S. The van der Waals surface area contributed by atoms with Crippen LogP contribution in [0.3, 0.4) is 0 Å². The number of nitrogens with zero attached hydrogens (tertiary/aromatic N) is 3. The zero-order valence-corrected chi connectivity index (χ0v) is 18.6. The predicted molar refractivity (Wildman–Crippen MR) is 116 cm³/mol. The molecule has 0 amide bonds. The molecule has 0 radical (unpaired) electrons. The van der Waals surface area contributed by atoms with Crippen molar-refractivity contribution in [3.8, 4) is 22.9 Å². The number of aromatic nitrogens is 3. The predicted octanol–water partition coefficient (Wildman–Crippen LogP) is 3.41. The van der Waals surface area contributed by atoms with E-state index in [0.717, 1.165) is 17.5 Å². The minimum atomic E-state index is -3.58. The molecule has 0 unspecified atom stereocenters.